The van der Waals surface area contributed by atoms with Gasteiger partial charge in [0.2, 0.25) is 5.91 Å². The maximum atomic E-state index is 11.1. The van der Waals surface area contributed by atoms with Crippen molar-refractivity contribution in [2.75, 3.05) is 20.3 Å². The number of hydrogen-bond acceptors (Lipinski definition) is 2. The summed E-state index contributed by atoms with van der Waals surface area (Å²) in [5, 5.41) is 2.79. The van der Waals surface area contributed by atoms with Crippen molar-refractivity contribution >= 4 is 21.8 Å². The summed E-state index contributed by atoms with van der Waals surface area (Å²) in [6.07, 6.45) is 0.817. The van der Waals surface area contributed by atoms with Gasteiger partial charge in [-0.1, -0.05) is 33.6 Å². The Kier molecular flexibility index (Phi) is 5.49. The van der Waals surface area contributed by atoms with Gasteiger partial charge in [-0.2, -0.15) is 0 Å². The van der Waals surface area contributed by atoms with Crippen LogP contribution in [0.15, 0.2) is 22.7 Å². The van der Waals surface area contributed by atoms with Crippen molar-refractivity contribution in [2.45, 2.75) is 13.3 Å². The van der Waals surface area contributed by atoms with Crippen LogP contribution in [-0.4, -0.2) is 26.2 Å². The van der Waals surface area contributed by atoms with Gasteiger partial charge in [-0.15, -0.1) is 0 Å². The second kappa shape index (κ2) is 6.66. The molecule has 1 amide bonds. The number of methoxy groups -OCH3 is 1. The van der Waals surface area contributed by atoms with E-state index in [9.17, 15) is 4.79 Å². The van der Waals surface area contributed by atoms with E-state index in [-0.39, 0.29) is 12.5 Å². The Hall–Kier alpha value is -0.870. The first-order chi connectivity index (χ1) is 7.63. The molecule has 0 heterocycles. The van der Waals surface area contributed by atoms with Gasteiger partial charge >= 0.3 is 0 Å². The fourth-order valence-electron chi connectivity index (χ4n) is 1.41. The van der Waals surface area contributed by atoms with Crippen molar-refractivity contribution in [1.29, 1.82) is 0 Å². The number of nitrogens with one attached hydrogen (secondary N) is 1. The first-order valence-electron chi connectivity index (χ1n) is 5.14. The topological polar surface area (TPSA) is 38.3 Å². The highest BCUT2D eigenvalue weighted by Gasteiger charge is 2.02. The van der Waals surface area contributed by atoms with Gasteiger partial charge in [-0.05, 0) is 25.0 Å². The van der Waals surface area contributed by atoms with Gasteiger partial charge in [0, 0.05) is 18.1 Å². The lowest BCUT2D eigenvalue weighted by atomic mass is 10.1. The Morgan fingerprint density at radius 2 is 2.25 bits per heavy atom. The van der Waals surface area contributed by atoms with Crippen LogP contribution < -0.4 is 5.32 Å². The van der Waals surface area contributed by atoms with Crippen molar-refractivity contribution in [3.63, 3.8) is 0 Å². The molecule has 0 spiro atoms. The highest BCUT2D eigenvalue weighted by atomic mass is 79.9. The van der Waals surface area contributed by atoms with Gasteiger partial charge in [-0.3, -0.25) is 4.79 Å². The van der Waals surface area contributed by atoms with Crippen LogP contribution in [0.5, 0.6) is 0 Å². The van der Waals surface area contributed by atoms with Crippen LogP contribution >= 0.6 is 15.9 Å². The van der Waals surface area contributed by atoms with Gasteiger partial charge < -0.3 is 10.1 Å². The van der Waals surface area contributed by atoms with Crippen LogP contribution in [0.1, 0.15) is 11.1 Å². The predicted octanol–water partition coefficient (Wildman–Crippen LogP) is 2.06. The molecule has 0 aliphatic rings. The summed E-state index contributed by atoms with van der Waals surface area (Å²) < 4.78 is 5.81. The van der Waals surface area contributed by atoms with E-state index in [1.54, 1.807) is 0 Å². The molecule has 0 fully saturated rings. The molecule has 1 rings (SSSR count). The number of aryl methyl sites for hydroxylation is 1. The third kappa shape index (κ3) is 4.33. The van der Waals surface area contributed by atoms with Crippen molar-refractivity contribution in [3.8, 4) is 0 Å². The fourth-order valence-corrected chi connectivity index (χ4v) is 1.86. The number of carbonyl (C=O) groups is 1. The maximum Gasteiger partial charge on any atom is 0.245 e. The van der Waals surface area contributed by atoms with E-state index < -0.39 is 0 Å². The molecule has 0 radical (unpaired) electrons. The second-order valence-electron chi connectivity index (χ2n) is 3.63. The minimum atomic E-state index is -0.0775. The molecular weight excluding hydrogens is 270 g/mol. The summed E-state index contributed by atoms with van der Waals surface area (Å²) in [5.41, 5.74) is 2.43. The molecule has 1 aromatic rings. The van der Waals surface area contributed by atoms with E-state index in [2.05, 4.69) is 40.3 Å². The summed E-state index contributed by atoms with van der Waals surface area (Å²) in [5.74, 6) is -0.0775. The fraction of sp³-hybridized carbons (Fsp3) is 0.417. The Labute approximate surface area is 104 Å². The average Bonchev–Trinajstić information content (AvgIpc) is 2.23. The van der Waals surface area contributed by atoms with Gasteiger partial charge in [0.15, 0.2) is 0 Å². The zero-order valence-electron chi connectivity index (χ0n) is 9.55. The molecule has 0 aromatic heterocycles. The number of benzene rings is 1. The van der Waals surface area contributed by atoms with Gasteiger partial charge in [0.05, 0.1) is 0 Å². The van der Waals surface area contributed by atoms with Crippen molar-refractivity contribution in [3.05, 3.63) is 33.8 Å². The zero-order chi connectivity index (χ0) is 12.0. The highest BCUT2D eigenvalue weighted by Crippen LogP contribution is 2.18. The number of hydrogen-bond donors (Lipinski definition) is 1. The van der Waals surface area contributed by atoms with Crippen LogP contribution in [0.4, 0.5) is 0 Å². The molecular formula is C12H16BrNO2. The van der Waals surface area contributed by atoms with E-state index in [0.717, 1.165) is 10.9 Å². The number of rotatable bonds is 5. The summed E-state index contributed by atoms with van der Waals surface area (Å²) in [4.78, 5) is 11.1. The van der Waals surface area contributed by atoms with Gasteiger partial charge in [0.25, 0.3) is 0 Å². The van der Waals surface area contributed by atoms with Crippen LogP contribution in [0, 0.1) is 6.92 Å². The lowest BCUT2D eigenvalue weighted by Gasteiger charge is -2.07. The number of ether oxygens (including phenoxy) is 1. The van der Waals surface area contributed by atoms with Gasteiger partial charge in [-0.25, -0.2) is 0 Å². The molecule has 0 saturated carbocycles. The largest absolute Gasteiger partial charge is 0.375 e. The third-order valence-electron chi connectivity index (χ3n) is 2.19. The lowest BCUT2D eigenvalue weighted by molar-refractivity contribution is -0.124. The number of amides is 1. The van der Waals surface area contributed by atoms with Crippen LogP contribution in [0.2, 0.25) is 0 Å². The predicted molar refractivity (Wildman–Crippen MR) is 67.5 cm³/mol. The Bertz CT molecular complexity index is 366. The molecule has 4 heteroatoms. The standard InChI is InChI=1S/C12H16BrNO2/c1-9-3-4-11(13)10(7-9)5-6-14-12(15)8-16-2/h3-4,7H,5-6,8H2,1-2H3,(H,14,15). The molecule has 0 aliphatic heterocycles. The quantitative estimate of drug-likeness (QED) is 0.899. The van der Waals surface area contributed by atoms with Crippen molar-refractivity contribution in [1.82, 2.24) is 5.32 Å². The molecule has 1 aromatic carbocycles. The average molecular weight is 286 g/mol. The van der Waals surface area contributed by atoms with Gasteiger partial charge in [0.1, 0.15) is 6.61 Å². The maximum absolute atomic E-state index is 11.1. The summed E-state index contributed by atoms with van der Waals surface area (Å²) >= 11 is 3.49. The van der Waals surface area contributed by atoms with Crippen molar-refractivity contribution in [2.24, 2.45) is 0 Å². The molecule has 1 N–H and O–H groups in total. The Morgan fingerprint density at radius 1 is 1.50 bits per heavy atom. The summed E-state index contributed by atoms with van der Waals surface area (Å²) in [6, 6.07) is 6.20. The van der Waals surface area contributed by atoms with Crippen molar-refractivity contribution < 1.29 is 9.53 Å². The number of carbonyl (C=O) groups excluding carboxylic acids is 1. The minimum Gasteiger partial charge on any atom is -0.375 e. The number of halogens is 1. The van der Waals surface area contributed by atoms with E-state index in [0.29, 0.717) is 6.54 Å². The van der Waals surface area contributed by atoms with Crippen LogP contribution in [0.3, 0.4) is 0 Å². The monoisotopic (exact) mass is 285 g/mol. The third-order valence-corrected chi connectivity index (χ3v) is 2.97. The highest BCUT2D eigenvalue weighted by molar-refractivity contribution is 9.10. The smallest absolute Gasteiger partial charge is 0.245 e. The first kappa shape index (κ1) is 13.2. The van der Waals surface area contributed by atoms with E-state index >= 15 is 0 Å². The SMILES string of the molecule is COCC(=O)NCCc1cc(C)ccc1Br. The molecule has 0 aliphatic carbocycles. The van der Waals surface area contributed by atoms with E-state index in [1.165, 1.54) is 18.2 Å². The normalized spacial score (nSPS) is 10.2. The molecule has 16 heavy (non-hydrogen) atoms. The minimum absolute atomic E-state index is 0.0775. The molecule has 0 bridgehead atoms. The van der Waals surface area contributed by atoms with E-state index in [1.807, 2.05) is 6.07 Å². The van der Waals surface area contributed by atoms with Crippen LogP contribution in [-0.2, 0) is 16.0 Å². The summed E-state index contributed by atoms with van der Waals surface area (Å²) in [6.45, 7) is 2.80. The van der Waals surface area contributed by atoms with Crippen LogP contribution in [0.25, 0.3) is 0 Å². The summed E-state index contributed by atoms with van der Waals surface area (Å²) in [7, 11) is 1.51. The molecule has 0 unspecified atom stereocenters. The zero-order valence-corrected chi connectivity index (χ0v) is 11.1. The molecule has 0 saturated heterocycles. The Morgan fingerprint density at radius 3 is 2.94 bits per heavy atom. The van der Waals surface area contributed by atoms with E-state index in [4.69, 9.17) is 4.74 Å². The first-order valence-corrected chi connectivity index (χ1v) is 5.93. The molecule has 88 valence electrons. The second-order valence-corrected chi connectivity index (χ2v) is 4.48. The molecule has 3 nitrogen and oxygen atoms in total. The lowest BCUT2D eigenvalue weighted by Crippen LogP contribution is -2.29. The molecule has 0 atom stereocenters. The Balaban J connectivity index is 2.42.